The number of carbonyl (C=O) groups excluding carboxylic acids is 1. The van der Waals surface area contributed by atoms with Crippen LogP contribution in [0.1, 0.15) is 12.0 Å². The van der Waals surface area contributed by atoms with Gasteiger partial charge in [-0.05, 0) is 19.1 Å². The van der Waals surface area contributed by atoms with Gasteiger partial charge in [0.1, 0.15) is 6.54 Å². The lowest BCUT2D eigenvalue weighted by Gasteiger charge is -2.22. The van der Waals surface area contributed by atoms with Gasteiger partial charge in [-0.3, -0.25) is 9.59 Å². The molecule has 0 atom stereocenters. The molecule has 110 valence electrons. The number of rotatable bonds is 6. The van der Waals surface area contributed by atoms with Gasteiger partial charge in [-0.2, -0.15) is 0 Å². The summed E-state index contributed by atoms with van der Waals surface area (Å²) in [6.07, 6.45) is 2.96. The van der Waals surface area contributed by atoms with Gasteiger partial charge < -0.3 is 10.0 Å². The molecular formula is C14H16N4O3. The first-order valence-corrected chi connectivity index (χ1v) is 6.49. The van der Waals surface area contributed by atoms with Gasteiger partial charge in [0.05, 0.1) is 12.6 Å². The van der Waals surface area contributed by atoms with Crippen LogP contribution in [-0.2, 0) is 16.1 Å². The van der Waals surface area contributed by atoms with Crippen LogP contribution in [0.2, 0.25) is 0 Å². The van der Waals surface area contributed by atoms with Crippen LogP contribution in [-0.4, -0.2) is 38.5 Å². The number of amides is 1. The molecule has 0 aliphatic carbocycles. The Balaban J connectivity index is 2.16. The molecule has 1 aromatic carbocycles. The molecule has 2 aromatic rings. The van der Waals surface area contributed by atoms with Crippen molar-refractivity contribution in [3.63, 3.8) is 0 Å². The van der Waals surface area contributed by atoms with Crippen LogP contribution in [0.15, 0.2) is 36.7 Å². The Morgan fingerprint density at radius 3 is 2.57 bits per heavy atom. The molecular weight excluding hydrogens is 272 g/mol. The molecule has 0 fully saturated rings. The van der Waals surface area contributed by atoms with Crippen LogP contribution >= 0.6 is 0 Å². The number of nitrogens with zero attached hydrogens (tertiary/aromatic N) is 4. The number of carboxylic acids is 1. The third-order valence-corrected chi connectivity index (χ3v) is 2.97. The quantitative estimate of drug-likeness (QED) is 0.859. The van der Waals surface area contributed by atoms with Crippen molar-refractivity contribution < 1.29 is 14.7 Å². The van der Waals surface area contributed by atoms with E-state index in [0.29, 0.717) is 5.69 Å². The monoisotopic (exact) mass is 288 g/mol. The van der Waals surface area contributed by atoms with Crippen LogP contribution in [0.5, 0.6) is 0 Å². The first kappa shape index (κ1) is 14.7. The maximum absolute atomic E-state index is 12.4. The summed E-state index contributed by atoms with van der Waals surface area (Å²) in [4.78, 5) is 24.6. The van der Waals surface area contributed by atoms with E-state index in [0.717, 1.165) is 5.56 Å². The Bertz CT molecular complexity index is 608. The standard InChI is InChI=1S/C14H16N4O3/c1-11-2-4-12(5-3-11)18(8-6-14(20)21)13(19)10-17-9-7-15-16-17/h2-5,7,9H,6,8,10H2,1H3,(H,20,21). The lowest BCUT2D eigenvalue weighted by molar-refractivity contribution is -0.136. The van der Waals surface area contributed by atoms with E-state index in [-0.39, 0.29) is 25.4 Å². The molecule has 1 amide bonds. The van der Waals surface area contributed by atoms with Crippen LogP contribution in [0.4, 0.5) is 5.69 Å². The molecule has 0 aliphatic heterocycles. The van der Waals surface area contributed by atoms with Gasteiger partial charge >= 0.3 is 5.97 Å². The number of aliphatic carboxylic acids is 1. The second kappa shape index (κ2) is 6.65. The van der Waals surface area contributed by atoms with Gasteiger partial charge in [0.15, 0.2) is 0 Å². The summed E-state index contributed by atoms with van der Waals surface area (Å²) in [5, 5.41) is 16.2. The number of carbonyl (C=O) groups is 2. The maximum Gasteiger partial charge on any atom is 0.305 e. The molecule has 0 unspecified atom stereocenters. The number of anilines is 1. The van der Waals surface area contributed by atoms with Crippen molar-refractivity contribution >= 4 is 17.6 Å². The molecule has 7 nitrogen and oxygen atoms in total. The minimum atomic E-state index is -0.944. The molecule has 21 heavy (non-hydrogen) atoms. The predicted octanol–water partition coefficient (Wildman–Crippen LogP) is 1.09. The van der Waals surface area contributed by atoms with E-state index in [2.05, 4.69) is 10.3 Å². The zero-order chi connectivity index (χ0) is 15.2. The highest BCUT2D eigenvalue weighted by atomic mass is 16.4. The van der Waals surface area contributed by atoms with Crippen molar-refractivity contribution in [3.8, 4) is 0 Å². The van der Waals surface area contributed by atoms with Crippen molar-refractivity contribution in [2.75, 3.05) is 11.4 Å². The minimum Gasteiger partial charge on any atom is -0.481 e. The van der Waals surface area contributed by atoms with E-state index in [4.69, 9.17) is 5.11 Å². The number of aryl methyl sites for hydroxylation is 1. The number of benzene rings is 1. The van der Waals surface area contributed by atoms with E-state index in [1.54, 1.807) is 18.3 Å². The summed E-state index contributed by atoms with van der Waals surface area (Å²) < 4.78 is 1.41. The Hall–Kier alpha value is -2.70. The molecule has 1 N–H and O–H groups in total. The average Bonchev–Trinajstić information content (AvgIpc) is 2.93. The molecule has 0 saturated heterocycles. The first-order valence-electron chi connectivity index (χ1n) is 6.49. The highest BCUT2D eigenvalue weighted by Crippen LogP contribution is 2.16. The summed E-state index contributed by atoms with van der Waals surface area (Å²) in [6.45, 7) is 2.09. The smallest absolute Gasteiger partial charge is 0.305 e. The fourth-order valence-corrected chi connectivity index (χ4v) is 1.87. The second-order valence-electron chi connectivity index (χ2n) is 4.63. The number of aromatic nitrogens is 3. The van der Waals surface area contributed by atoms with Crippen LogP contribution in [0.25, 0.3) is 0 Å². The molecule has 7 heteroatoms. The van der Waals surface area contributed by atoms with Crippen molar-refractivity contribution in [3.05, 3.63) is 42.2 Å². The molecule has 0 aliphatic rings. The van der Waals surface area contributed by atoms with E-state index < -0.39 is 5.97 Å². The summed E-state index contributed by atoms with van der Waals surface area (Å²) in [5.41, 5.74) is 1.74. The van der Waals surface area contributed by atoms with Crippen LogP contribution < -0.4 is 4.90 Å². The zero-order valence-corrected chi connectivity index (χ0v) is 11.6. The molecule has 0 radical (unpaired) electrons. The topological polar surface area (TPSA) is 88.3 Å². The van der Waals surface area contributed by atoms with E-state index in [9.17, 15) is 9.59 Å². The fourth-order valence-electron chi connectivity index (χ4n) is 1.87. The third-order valence-electron chi connectivity index (χ3n) is 2.97. The lowest BCUT2D eigenvalue weighted by Crippen LogP contribution is -2.35. The minimum absolute atomic E-state index is 0.0213. The van der Waals surface area contributed by atoms with Crippen molar-refractivity contribution in [2.45, 2.75) is 19.9 Å². The van der Waals surface area contributed by atoms with Gasteiger partial charge in [0.25, 0.3) is 0 Å². The number of hydrogen-bond donors (Lipinski definition) is 1. The van der Waals surface area contributed by atoms with Gasteiger partial charge in [-0.1, -0.05) is 22.9 Å². The highest BCUT2D eigenvalue weighted by Gasteiger charge is 2.17. The highest BCUT2D eigenvalue weighted by molar-refractivity contribution is 5.93. The molecule has 1 aromatic heterocycles. The Labute approximate surface area is 121 Å². The van der Waals surface area contributed by atoms with Gasteiger partial charge in [0, 0.05) is 18.4 Å². The maximum atomic E-state index is 12.4. The molecule has 2 rings (SSSR count). The van der Waals surface area contributed by atoms with Crippen molar-refractivity contribution in [2.24, 2.45) is 0 Å². The Kier molecular flexibility index (Phi) is 4.65. The van der Waals surface area contributed by atoms with E-state index in [1.165, 1.54) is 15.8 Å². The van der Waals surface area contributed by atoms with Crippen LogP contribution in [0, 0.1) is 6.92 Å². The van der Waals surface area contributed by atoms with Gasteiger partial charge in [0.2, 0.25) is 5.91 Å². The Morgan fingerprint density at radius 2 is 2.00 bits per heavy atom. The van der Waals surface area contributed by atoms with E-state index >= 15 is 0 Å². The summed E-state index contributed by atoms with van der Waals surface area (Å²) in [6, 6.07) is 7.37. The summed E-state index contributed by atoms with van der Waals surface area (Å²) in [7, 11) is 0. The molecule has 0 bridgehead atoms. The van der Waals surface area contributed by atoms with Crippen molar-refractivity contribution in [1.82, 2.24) is 15.0 Å². The fraction of sp³-hybridized carbons (Fsp3) is 0.286. The van der Waals surface area contributed by atoms with Crippen molar-refractivity contribution in [1.29, 1.82) is 0 Å². The largest absolute Gasteiger partial charge is 0.481 e. The summed E-state index contributed by atoms with van der Waals surface area (Å²) in [5.74, 6) is -1.17. The predicted molar refractivity (Wildman–Crippen MR) is 75.8 cm³/mol. The number of hydrogen-bond acceptors (Lipinski definition) is 4. The van der Waals surface area contributed by atoms with Crippen LogP contribution in [0.3, 0.4) is 0 Å². The average molecular weight is 288 g/mol. The second-order valence-corrected chi connectivity index (χ2v) is 4.63. The van der Waals surface area contributed by atoms with Gasteiger partial charge in [-0.15, -0.1) is 5.10 Å². The first-order chi connectivity index (χ1) is 10.1. The number of carboxylic acid groups (broad SMARTS) is 1. The lowest BCUT2D eigenvalue weighted by atomic mass is 10.2. The summed E-state index contributed by atoms with van der Waals surface area (Å²) >= 11 is 0. The normalized spacial score (nSPS) is 10.3. The third kappa shape index (κ3) is 4.13. The SMILES string of the molecule is Cc1ccc(N(CCC(=O)O)C(=O)Cn2ccnn2)cc1. The van der Waals surface area contributed by atoms with Gasteiger partial charge in [-0.25, -0.2) is 4.68 Å². The molecule has 0 spiro atoms. The zero-order valence-electron chi connectivity index (χ0n) is 11.6. The Morgan fingerprint density at radius 1 is 1.29 bits per heavy atom. The molecule has 1 heterocycles. The molecule has 0 saturated carbocycles. The van der Waals surface area contributed by atoms with E-state index in [1.807, 2.05) is 19.1 Å².